The van der Waals surface area contributed by atoms with E-state index in [1.165, 1.54) is 18.4 Å². The fraction of sp³-hybridized carbons (Fsp3) is 0.400. The molecule has 3 rings (SSSR count). The Labute approximate surface area is 118 Å². The van der Waals surface area contributed by atoms with Gasteiger partial charge in [0.2, 0.25) is 5.95 Å². The smallest absolute Gasteiger partial charge is 0.203 e. The quantitative estimate of drug-likeness (QED) is 0.913. The molecule has 1 saturated carbocycles. The minimum Gasteiger partial charge on any atom is -0.353 e. The summed E-state index contributed by atoms with van der Waals surface area (Å²) >= 11 is 6.08. The van der Waals surface area contributed by atoms with Gasteiger partial charge in [0.1, 0.15) is 0 Å². The van der Waals surface area contributed by atoms with Crippen LogP contribution in [-0.4, -0.2) is 15.6 Å². The van der Waals surface area contributed by atoms with Gasteiger partial charge in [-0.15, -0.1) is 0 Å². The number of nitrogens with zero attached hydrogens (tertiary/aromatic N) is 2. The van der Waals surface area contributed by atoms with Crippen molar-refractivity contribution in [1.29, 1.82) is 0 Å². The average Bonchev–Trinajstić information content (AvgIpc) is 3.11. The Bertz CT molecular complexity index is 587. The summed E-state index contributed by atoms with van der Waals surface area (Å²) < 4.78 is 2.19. The largest absolute Gasteiger partial charge is 0.353 e. The van der Waals surface area contributed by atoms with E-state index in [0.29, 0.717) is 6.04 Å². The van der Waals surface area contributed by atoms with E-state index in [9.17, 15) is 0 Å². The molecule has 0 radical (unpaired) electrons. The molecule has 0 saturated heterocycles. The highest BCUT2D eigenvalue weighted by atomic mass is 35.5. The van der Waals surface area contributed by atoms with E-state index < -0.39 is 0 Å². The number of benzene rings is 1. The number of hydrogen-bond acceptors (Lipinski definition) is 2. The summed E-state index contributed by atoms with van der Waals surface area (Å²) in [5, 5.41) is 4.27. The van der Waals surface area contributed by atoms with Gasteiger partial charge in [-0.25, -0.2) is 4.98 Å². The fourth-order valence-electron chi connectivity index (χ4n) is 2.26. The highest BCUT2D eigenvalue weighted by Crippen LogP contribution is 2.28. The summed E-state index contributed by atoms with van der Waals surface area (Å²) in [5.41, 5.74) is 2.24. The molecular weight excluding hydrogens is 258 g/mol. The Morgan fingerprint density at radius 2 is 2.21 bits per heavy atom. The zero-order chi connectivity index (χ0) is 13.4. The minimum absolute atomic E-state index is 0.223. The lowest BCUT2D eigenvalue weighted by Crippen LogP contribution is -2.12. The fourth-order valence-corrected chi connectivity index (χ4v) is 2.45. The van der Waals surface area contributed by atoms with Gasteiger partial charge in [0.05, 0.1) is 11.7 Å². The van der Waals surface area contributed by atoms with Crippen molar-refractivity contribution >= 4 is 17.5 Å². The second-order valence-corrected chi connectivity index (χ2v) is 5.70. The van der Waals surface area contributed by atoms with Crippen LogP contribution in [-0.2, 0) is 0 Å². The molecule has 1 aromatic carbocycles. The maximum atomic E-state index is 6.08. The van der Waals surface area contributed by atoms with Crippen molar-refractivity contribution in [2.24, 2.45) is 0 Å². The SMILES string of the molecule is Cc1cn(C(C)c2cccc(Cl)c2)c(NC2CC2)n1. The maximum Gasteiger partial charge on any atom is 0.203 e. The Balaban J connectivity index is 1.91. The summed E-state index contributed by atoms with van der Waals surface area (Å²) in [7, 11) is 0. The van der Waals surface area contributed by atoms with E-state index in [1.54, 1.807) is 0 Å². The first-order valence-corrected chi connectivity index (χ1v) is 7.09. The van der Waals surface area contributed by atoms with Crippen LogP contribution in [0.4, 0.5) is 5.95 Å². The molecule has 1 aromatic heterocycles. The van der Waals surface area contributed by atoms with Crippen molar-refractivity contribution < 1.29 is 0 Å². The lowest BCUT2D eigenvalue weighted by Gasteiger charge is -2.17. The van der Waals surface area contributed by atoms with Crippen LogP contribution in [0.2, 0.25) is 5.02 Å². The monoisotopic (exact) mass is 275 g/mol. The molecular formula is C15H18ClN3. The van der Waals surface area contributed by atoms with Crippen LogP contribution >= 0.6 is 11.6 Å². The number of imidazole rings is 1. The van der Waals surface area contributed by atoms with Crippen molar-refractivity contribution in [1.82, 2.24) is 9.55 Å². The molecule has 3 nitrogen and oxygen atoms in total. The second-order valence-electron chi connectivity index (χ2n) is 5.26. The molecule has 1 fully saturated rings. The van der Waals surface area contributed by atoms with Crippen molar-refractivity contribution in [3.63, 3.8) is 0 Å². The van der Waals surface area contributed by atoms with Crippen LogP contribution in [0.1, 0.15) is 37.1 Å². The molecule has 4 heteroatoms. The van der Waals surface area contributed by atoms with Crippen LogP contribution in [0, 0.1) is 6.92 Å². The third-order valence-electron chi connectivity index (χ3n) is 3.51. The summed E-state index contributed by atoms with van der Waals surface area (Å²) in [6, 6.07) is 8.84. The lowest BCUT2D eigenvalue weighted by molar-refractivity contribution is 0.642. The summed E-state index contributed by atoms with van der Waals surface area (Å²) in [6.07, 6.45) is 4.59. The predicted molar refractivity (Wildman–Crippen MR) is 78.9 cm³/mol. The van der Waals surface area contributed by atoms with Gasteiger partial charge < -0.3 is 9.88 Å². The number of halogens is 1. The van der Waals surface area contributed by atoms with Crippen LogP contribution in [0.15, 0.2) is 30.5 Å². The normalized spacial score (nSPS) is 16.4. The zero-order valence-electron chi connectivity index (χ0n) is 11.2. The van der Waals surface area contributed by atoms with E-state index in [0.717, 1.165) is 16.7 Å². The van der Waals surface area contributed by atoms with Gasteiger partial charge in [0.25, 0.3) is 0 Å². The highest BCUT2D eigenvalue weighted by molar-refractivity contribution is 6.30. The Kier molecular flexibility index (Phi) is 3.23. The van der Waals surface area contributed by atoms with Crippen LogP contribution in [0.3, 0.4) is 0 Å². The number of anilines is 1. The molecule has 0 bridgehead atoms. The number of nitrogens with one attached hydrogen (secondary N) is 1. The number of aromatic nitrogens is 2. The van der Waals surface area contributed by atoms with Gasteiger partial charge in [-0.1, -0.05) is 23.7 Å². The first-order valence-electron chi connectivity index (χ1n) is 6.71. The minimum atomic E-state index is 0.223. The Morgan fingerprint density at radius 1 is 1.42 bits per heavy atom. The first kappa shape index (κ1) is 12.5. The molecule has 1 unspecified atom stereocenters. The van der Waals surface area contributed by atoms with E-state index >= 15 is 0 Å². The number of hydrogen-bond donors (Lipinski definition) is 1. The molecule has 1 N–H and O–H groups in total. The maximum absolute atomic E-state index is 6.08. The van der Waals surface area contributed by atoms with E-state index in [2.05, 4.69) is 34.1 Å². The lowest BCUT2D eigenvalue weighted by atomic mass is 10.1. The molecule has 1 aliphatic carbocycles. The van der Waals surface area contributed by atoms with Gasteiger partial charge >= 0.3 is 0 Å². The Hall–Kier alpha value is -1.48. The summed E-state index contributed by atoms with van der Waals surface area (Å²) in [5.74, 6) is 0.965. The third-order valence-corrected chi connectivity index (χ3v) is 3.75. The predicted octanol–water partition coefficient (Wildman–Crippen LogP) is 4.03. The highest BCUT2D eigenvalue weighted by Gasteiger charge is 2.24. The van der Waals surface area contributed by atoms with Crippen molar-refractivity contribution in [2.45, 2.75) is 38.8 Å². The van der Waals surface area contributed by atoms with Crippen molar-refractivity contribution in [2.75, 3.05) is 5.32 Å². The van der Waals surface area contributed by atoms with E-state index in [-0.39, 0.29) is 6.04 Å². The number of rotatable bonds is 4. The molecule has 19 heavy (non-hydrogen) atoms. The van der Waals surface area contributed by atoms with Crippen LogP contribution in [0.5, 0.6) is 0 Å². The molecule has 1 aliphatic rings. The van der Waals surface area contributed by atoms with Gasteiger partial charge in [-0.05, 0) is 44.4 Å². The van der Waals surface area contributed by atoms with E-state index in [1.807, 2.05) is 25.1 Å². The van der Waals surface area contributed by atoms with Crippen LogP contribution < -0.4 is 5.32 Å². The third kappa shape index (κ3) is 2.76. The molecule has 2 aromatic rings. The van der Waals surface area contributed by atoms with Gasteiger partial charge in [0.15, 0.2) is 0 Å². The van der Waals surface area contributed by atoms with Gasteiger partial charge in [-0.2, -0.15) is 0 Å². The molecule has 1 heterocycles. The van der Waals surface area contributed by atoms with Gasteiger partial charge in [-0.3, -0.25) is 0 Å². The van der Waals surface area contributed by atoms with Crippen LogP contribution in [0.25, 0.3) is 0 Å². The standard InChI is InChI=1S/C15H18ClN3/c1-10-9-19(15(17-10)18-14-6-7-14)11(2)12-4-3-5-13(16)8-12/h3-5,8-9,11,14H,6-7H2,1-2H3,(H,17,18). The molecule has 100 valence electrons. The molecule has 0 amide bonds. The van der Waals surface area contributed by atoms with Crippen molar-refractivity contribution in [3.05, 3.63) is 46.7 Å². The first-order chi connectivity index (χ1) is 9.13. The van der Waals surface area contributed by atoms with Crippen molar-refractivity contribution in [3.8, 4) is 0 Å². The molecule has 0 aliphatic heterocycles. The van der Waals surface area contributed by atoms with E-state index in [4.69, 9.17) is 11.6 Å². The topological polar surface area (TPSA) is 29.9 Å². The summed E-state index contributed by atoms with van der Waals surface area (Å²) in [6.45, 7) is 4.20. The Morgan fingerprint density at radius 3 is 2.89 bits per heavy atom. The molecule has 1 atom stereocenters. The second kappa shape index (κ2) is 4.89. The zero-order valence-corrected chi connectivity index (χ0v) is 12.0. The average molecular weight is 276 g/mol. The number of aryl methyl sites for hydroxylation is 1. The van der Waals surface area contributed by atoms with Gasteiger partial charge in [0, 0.05) is 17.3 Å². The summed E-state index contributed by atoms with van der Waals surface area (Å²) in [4.78, 5) is 4.58. The molecule has 0 spiro atoms.